The Balaban J connectivity index is 2.09. The van der Waals surface area contributed by atoms with Gasteiger partial charge in [0.15, 0.2) is 0 Å². The quantitative estimate of drug-likeness (QED) is 0.814. The van der Waals surface area contributed by atoms with Crippen LogP contribution in [0, 0.1) is 17.3 Å². The van der Waals surface area contributed by atoms with Gasteiger partial charge in [-0.15, -0.1) is 0 Å². The molecule has 1 fully saturated rings. The normalized spacial score (nSPS) is 19.3. The van der Waals surface area contributed by atoms with Crippen LogP contribution in [-0.2, 0) is 0 Å². The van der Waals surface area contributed by atoms with Gasteiger partial charge in [0.2, 0.25) is 0 Å². The van der Waals surface area contributed by atoms with Gasteiger partial charge in [0.25, 0.3) is 5.91 Å². The molecular formula is C15H17ClN2O. The van der Waals surface area contributed by atoms with Gasteiger partial charge in [-0.3, -0.25) is 4.79 Å². The van der Waals surface area contributed by atoms with Crippen LogP contribution in [0.3, 0.4) is 0 Å². The Hall–Kier alpha value is -1.50. The van der Waals surface area contributed by atoms with E-state index in [-0.39, 0.29) is 23.9 Å². The van der Waals surface area contributed by atoms with Crippen molar-refractivity contribution < 1.29 is 4.79 Å². The van der Waals surface area contributed by atoms with Crippen LogP contribution in [-0.4, -0.2) is 18.5 Å². The lowest BCUT2D eigenvalue weighted by Gasteiger charge is -2.07. The molecule has 0 radical (unpaired) electrons. The van der Waals surface area contributed by atoms with Gasteiger partial charge >= 0.3 is 0 Å². The fourth-order valence-electron chi connectivity index (χ4n) is 1.86. The van der Waals surface area contributed by atoms with E-state index in [1.165, 1.54) is 0 Å². The molecule has 1 amide bonds. The third-order valence-corrected chi connectivity index (χ3v) is 3.69. The summed E-state index contributed by atoms with van der Waals surface area (Å²) < 4.78 is 0. The highest BCUT2D eigenvalue weighted by Gasteiger charge is 2.46. The molecule has 1 atom stereocenters. The van der Waals surface area contributed by atoms with Gasteiger partial charge < -0.3 is 11.1 Å². The molecular weight excluding hydrogens is 260 g/mol. The Morgan fingerprint density at radius 1 is 1.58 bits per heavy atom. The zero-order valence-corrected chi connectivity index (χ0v) is 11.8. The van der Waals surface area contributed by atoms with E-state index >= 15 is 0 Å². The lowest BCUT2D eigenvalue weighted by Crippen LogP contribution is -2.28. The molecule has 1 aromatic rings. The Kier molecular flexibility index (Phi) is 3.84. The Morgan fingerprint density at radius 2 is 2.26 bits per heavy atom. The molecule has 1 unspecified atom stereocenters. The van der Waals surface area contributed by atoms with Crippen molar-refractivity contribution in [3.05, 3.63) is 34.3 Å². The van der Waals surface area contributed by atoms with Gasteiger partial charge in [-0.2, -0.15) is 0 Å². The van der Waals surface area contributed by atoms with Crippen molar-refractivity contribution in [3.63, 3.8) is 0 Å². The summed E-state index contributed by atoms with van der Waals surface area (Å²) in [7, 11) is 0. The molecule has 1 saturated carbocycles. The maximum atomic E-state index is 12.0. The number of amides is 1. The lowest BCUT2D eigenvalue weighted by molar-refractivity contribution is 0.0946. The van der Waals surface area contributed by atoms with Crippen LogP contribution in [0.25, 0.3) is 0 Å². The number of hydrogen-bond acceptors (Lipinski definition) is 2. The first-order chi connectivity index (χ1) is 8.94. The molecule has 0 aromatic heterocycles. The predicted molar refractivity (Wildman–Crippen MR) is 77.0 cm³/mol. The Labute approximate surface area is 118 Å². The summed E-state index contributed by atoms with van der Waals surface area (Å²) in [5.74, 6) is 5.52. The molecule has 100 valence electrons. The number of halogens is 1. The third-order valence-electron chi connectivity index (χ3n) is 3.38. The fourth-order valence-corrected chi connectivity index (χ4v) is 2.09. The molecule has 3 nitrogen and oxygen atoms in total. The Bertz CT molecular complexity index is 569. The molecule has 0 spiro atoms. The molecule has 1 aliphatic carbocycles. The van der Waals surface area contributed by atoms with Gasteiger partial charge in [0, 0.05) is 17.2 Å². The van der Waals surface area contributed by atoms with Crippen molar-refractivity contribution in [1.82, 2.24) is 5.32 Å². The van der Waals surface area contributed by atoms with Gasteiger partial charge in [0.05, 0.1) is 11.6 Å². The van der Waals surface area contributed by atoms with Gasteiger partial charge in [-0.25, -0.2) is 0 Å². The highest BCUT2D eigenvalue weighted by Crippen LogP contribution is 2.44. The molecule has 0 aliphatic heterocycles. The van der Waals surface area contributed by atoms with Crippen molar-refractivity contribution in [1.29, 1.82) is 0 Å². The largest absolute Gasteiger partial charge is 0.349 e. The summed E-state index contributed by atoms with van der Waals surface area (Å²) in [4.78, 5) is 12.0. The van der Waals surface area contributed by atoms with Crippen LogP contribution < -0.4 is 11.1 Å². The van der Waals surface area contributed by atoms with E-state index in [1.807, 2.05) is 0 Å². The SMILES string of the molecule is CC1(C)CC1NC(=O)c1ccc(C#CCN)c(Cl)c1. The Morgan fingerprint density at radius 3 is 2.79 bits per heavy atom. The van der Waals surface area contributed by atoms with Gasteiger partial charge in [0.1, 0.15) is 0 Å². The first kappa shape index (κ1) is 13.9. The molecule has 2 rings (SSSR count). The van der Waals surface area contributed by atoms with Gasteiger partial charge in [-0.1, -0.05) is 37.3 Å². The van der Waals surface area contributed by atoms with Crippen molar-refractivity contribution in [2.24, 2.45) is 11.1 Å². The van der Waals surface area contributed by atoms with Crippen molar-refractivity contribution in [2.75, 3.05) is 6.54 Å². The highest BCUT2D eigenvalue weighted by molar-refractivity contribution is 6.32. The predicted octanol–water partition coefficient (Wildman–Crippen LogP) is 2.18. The number of nitrogens with one attached hydrogen (secondary N) is 1. The van der Waals surface area contributed by atoms with Crippen LogP contribution in [0.2, 0.25) is 5.02 Å². The highest BCUT2D eigenvalue weighted by atomic mass is 35.5. The van der Waals surface area contributed by atoms with Crippen LogP contribution >= 0.6 is 11.6 Å². The van der Waals surface area contributed by atoms with E-state index < -0.39 is 0 Å². The summed E-state index contributed by atoms with van der Waals surface area (Å²) in [6.07, 6.45) is 1.02. The zero-order chi connectivity index (χ0) is 14.0. The molecule has 0 saturated heterocycles. The van der Waals surface area contributed by atoms with Crippen LogP contribution in [0.15, 0.2) is 18.2 Å². The van der Waals surface area contributed by atoms with Crippen molar-refractivity contribution >= 4 is 17.5 Å². The minimum Gasteiger partial charge on any atom is -0.349 e. The average molecular weight is 277 g/mol. The monoisotopic (exact) mass is 276 g/mol. The minimum absolute atomic E-state index is 0.0872. The average Bonchev–Trinajstić information content (AvgIpc) is 2.94. The third kappa shape index (κ3) is 3.28. The lowest BCUT2D eigenvalue weighted by atomic mass is 10.1. The van der Waals surface area contributed by atoms with Crippen LogP contribution in [0.4, 0.5) is 0 Å². The number of carbonyl (C=O) groups is 1. The molecule has 1 aromatic carbocycles. The van der Waals surface area contributed by atoms with Crippen LogP contribution in [0.5, 0.6) is 0 Å². The van der Waals surface area contributed by atoms with E-state index in [9.17, 15) is 4.79 Å². The zero-order valence-electron chi connectivity index (χ0n) is 11.1. The molecule has 0 heterocycles. The first-order valence-electron chi connectivity index (χ1n) is 6.23. The summed E-state index contributed by atoms with van der Waals surface area (Å²) in [6, 6.07) is 5.39. The molecule has 0 bridgehead atoms. The first-order valence-corrected chi connectivity index (χ1v) is 6.61. The molecule has 3 N–H and O–H groups in total. The van der Waals surface area contributed by atoms with Gasteiger partial charge in [-0.05, 0) is 30.0 Å². The number of nitrogens with two attached hydrogens (primary N) is 1. The second-order valence-corrected chi connectivity index (χ2v) is 5.83. The van der Waals surface area contributed by atoms with E-state index in [2.05, 4.69) is 31.0 Å². The summed E-state index contributed by atoms with van der Waals surface area (Å²) >= 11 is 6.09. The van der Waals surface area contributed by atoms with E-state index in [0.717, 1.165) is 6.42 Å². The number of carbonyl (C=O) groups excluding carboxylic acids is 1. The van der Waals surface area contributed by atoms with E-state index in [4.69, 9.17) is 17.3 Å². The van der Waals surface area contributed by atoms with Crippen molar-refractivity contribution in [2.45, 2.75) is 26.3 Å². The molecule has 19 heavy (non-hydrogen) atoms. The number of rotatable bonds is 2. The number of benzene rings is 1. The minimum atomic E-state index is -0.0872. The second kappa shape index (κ2) is 5.24. The summed E-state index contributed by atoms with van der Waals surface area (Å²) in [5.41, 5.74) is 6.78. The van der Waals surface area contributed by atoms with E-state index in [1.54, 1.807) is 18.2 Å². The maximum absolute atomic E-state index is 12.0. The van der Waals surface area contributed by atoms with E-state index in [0.29, 0.717) is 16.1 Å². The maximum Gasteiger partial charge on any atom is 0.251 e. The smallest absolute Gasteiger partial charge is 0.251 e. The van der Waals surface area contributed by atoms with Crippen LogP contribution in [0.1, 0.15) is 36.2 Å². The number of hydrogen-bond donors (Lipinski definition) is 2. The molecule has 1 aliphatic rings. The summed E-state index contributed by atoms with van der Waals surface area (Å²) in [6.45, 7) is 4.56. The van der Waals surface area contributed by atoms with Crippen molar-refractivity contribution in [3.8, 4) is 11.8 Å². The standard InChI is InChI=1S/C15H17ClN2O/c1-15(2)9-13(15)18-14(19)11-6-5-10(4-3-7-17)12(16)8-11/h5-6,8,13H,7,9,17H2,1-2H3,(H,18,19). The molecule has 4 heteroatoms. The topological polar surface area (TPSA) is 55.1 Å². The second-order valence-electron chi connectivity index (χ2n) is 5.42. The fraction of sp³-hybridized carbons (Fsp3) is 0.400. The summed E-state index contributed by atoms with van der Waals surface area (Å²) in [5, 5.41) is 3.47.